The first kappa shape index (κ1) is 13.7. The summed E-state index contributed by atoms with van der Waals surface area (Å²) in [7, 11) is 1.76. The van der Waals surface area contributed by atoms with E-state index in [4.69, 9.17) is 0 Å². The van der Waals surface area contributed by atoms with Gasteiger partial charge < -0.3 is 4.90 Å². The van der Waals surface area contributed by atoms with Gasteiger partial charge in [0.15, 0.2) is 0 Å². The van der Waals surface area contributed by atoms with E-state index in [1.807, 2.05) is 27.7 Å². The average Bonchev–Trinajstić information content (AvgIpc) is 2.41. The molecule has 0 aromatic rings. The van der Waals surface area contributed by atoms with Gasteiger partial charge in [-0.25, -0.2) is 0 Å². The average molecular weight is 207 g/mol. The Bertz CT molecular complexity index is 310. The van der Waals surface area contributed by atoms with Crippen LogP contribution < -0.4 is 0 Å². The van der Waals surface area contributed by atoms with Crippen LogP contribution >= 0.6 is 0 Å². The number of hydrogen-bond donors (Lipinski definition) is 0. The van der Waals surface area contributed by atoms with E-state index in [0.29, 0.717) is 0 Å². The highest BCUT2D eigenvalue weighted by Crippen LogP contribution is 2.39. The van der Waals surface area contributed by atoms with Crippen molar-refractivity contribution in [1.29, 1.82) is 0 Å². The van der Waals surface area contributed by atoms with Crippen molar-refractivity contribution in [2.24, 2.45) is 5.41 Å². The number of nitrogens with zero attached hydrogens (tertiary/aromatic N) is 1. The minimum Gasteiger partial charge on any atom is -0.314 e. The Balaban J connectivity index is 0.000000921. The van der Waals surface area contributed by atoms with Crippen LogP contribution in [0.4, 0.5) is 0 Å². The van der Waals surface area contributed by atoms with Gasteiger partial charge in [-0.15, -0.1) is 0 Å². The van der Waals surface area contributed by atoms with Crippen molar-refractivity contribution in [3.05, 3.63) is 36.6 Å². The van der Waals surface area contributed by atoms with Gasteiger partial charge in [0.2, 0.25) is 5.91 Å². The van der Waals surface area contributed by atoms with Gasteiger partial charge in [-0.1, -0.05) is 33.1 Å². The number of allylic oxidation sites excluding steroid dienone is 2. The van der Waals surface area contributed by atoms with E-state index in [-0.39, 0.29) is 5.91 Å². The van der Waals surface area contributed by atoms with Gasteiger partial charge in [-0.3, -0.25) is 4.79 Å². The molecule has 0 spiro atoms. The molecule has 1 rings (SSSR count). The molecule has 0 aromatic carbocycles. The molecule has 1 heterocycles. The molecule has 0 aliphatic carbocycles. The summed E-state index contributed by atoms with van der Waals surface area (Å²) in [6, 6.07) is 0. The van der Waals surface area contributed by atoms with Gasteiger partial charge in [0.05, 0.1) is 5.41 Å². The molecule has 0 aromatic heterocycles. The Labute approximate surface area is 93.0 Å². The first-order chi connectivity index (χ1) is 6.96. The third-order valence-corrected chi connectivity index (χ3v) is 2.55. The molecule has 0 atom stereocenters. The lowest BCUT2D eigenvalue weighted by Gasteiger charge is -2.18. The van der Waals surface area contributed by atoms with Crippen LogP contribution in [0.5, 0.6) is 0 Å². The van der Waals surface area contributed by atoms with Crippen LogP contribution in [0.25, 0.3) is 0 Å². The van der Waals surface area contributed by atoms with Crippen molar-refractivity contribution >= 4 is 5.91 Å². The minimum absolute atomic E-state index is 0.0947. The summed E-state index contributed by atoms with van der Waals surface area (Å²) < 4.78 is 0. The van der Waals surface area contributed by atoms with Crippen LogP contribution in [0.3, 0.4) is 0 Å². The van der Waals surface area contributed by atoms with Crippen molar-refractivity contribution in [3.8, 4) is 0 Å². The standard InChI is InChI=1S/C11H15NO.C2H6/c1-6-8-9(7-2)12(5)10(13)11(8,3)4;1-2/h6-7H,1-2H2,3-5H3;1-2H3. The van der Waals surface area contributed by atoms with Crippen molar-refractivity contribution in [2.45, 2.75) is 27.7 Å². The highest BCUT2D eigenvalue weighted by molar-refractivity contribution is 5.91. The number of rotatable bonds is 2. The fourth-order valence-electron chi connectivity index (χ4n) is 1.75. The van der Waals surface area contributed by atoms with Crippen LogP contribution in [-0.2, 0) is 4.79 Å². The quantitative estimate of drug-likeness (QED) is 0.681. The Hall–Kier alpha value is -1.31. The summed E-state index contributed by atoms with van der Waals surface area (Å²) in [5.41, 5.74) is 1.36. The Morgan fingerprint density at radius 1 is 1.20 bits per heavy atom. The Morgan fingerprint density at radius 3 is 1.93 bits per heavy atom. The molecule has 0 saturated carbocycles. The maximum absolute atomic E-state index is 11.8. The molecule has 84 valence electrons. The zero-order valence-electron chi connectivity index (χ0n) is 10.4. The van der Waals surface area contributed by atoms with E-state index >= 15 is 0 Å². The van der Waals surface area contributed by atoms with Crippen molar-refractivity contribution in [3.63, 3.8) is 0 Å². The fraction of sp³-hybridized carbons (Fsp3) is 0.462. The van der Waals surface area contributed by atoms with Crippen molar-refractivity contribution < 1.29 is 4.79 Å². The van der Waals surface area contributed by atoms with Gasteiger partial charge in [0, 0.05) is 12.7 Å². The summed E-state index contributed by atoms with van der Waals surface area (Å²) in [5.74, 6) is 0.0947. The van der Waals surface area contributed by atoms with E-state index in [1.165, 1.54) is 0 Å². The summed E-state index contributed by atoms with van der Waals surface area (Å²) in [5, 5.41) is 0. The van der Waals surface area contributed by atoms with Gasteiger partial charge in [0.25, 0.3) is 0 Å². The minimum atomic E-state index is -0.458. The van der Waals surface area contributed by atoms with Gasteiger partial charge in [-0.2, -0.15) is 0 Å². The van der Waals surface area contributed by atoms with E-state index in [2.05, 4.69) is 13.2 Å². The molecule has 2 nitrogen and oxygen atoms in total. The fourth-order valence-corrected chi connectivity index (χ4v) is 1.75. The third kappa shape index (κ3) is 2.04. The second kappa shape index (κ2) is 4.96. The number of likely N-dealkylation sites (N-methyl/N-ethyl adjacent to an activating group) is 1. The van der Waals surface area contributed by atoms with Crippen LogP contribution in [0, 0.1) is 5.41 Å². The molecule has 15 heavy (non-hydrogen) atoms. The number of amides is 1. The van der Waals surface area contributed by atoms with E-state index in [0.717, 1.165) is 11.3 Å². The molecule has 0 fully saturated rings. The molecular formula is C13H21NO. The normalized spacial score (nSPS) is 18.5. The van der Waals surface area contributed by atoms with E-state index in [1.54, 1.807) is 24.1 Å². The first-order valence-electron chi connectivity index (χ1n) is 5.24. The molecule has 1 aliphatic heterocycles. The Kier molecular flexibility index (Phi) is 4.53. The molecule has 0 unspecified atom stereocenters. The second-order valence-electron chi connectivity index (χ2n) is 3.70. The summed E-state index contributed by atoms with van der Waals surface area (Å²) in [4.78, 5) is 13.4. The zero-order valence-corrected chi connectivity index (χ0v) is 10.4. The van der Waals surface area contributed by atoms with Crippen molar-refractivity contribution in [1.82, 2.24) is 4.90 Å². The predicted molar refractivity (Wildman–Crippen MR) is 65.3 cm³/mol. The highest BCUT2D eigenvalue weighted by Gasteiger charge is 2.41. The van der Waals surface area contributed by atoms with Crippen LogP contribution in [0.2, 0.25) is 0 Å². The molecule has 1 aliphatic rings. The lowest BCUT2D eigenvalue weighted by atomic mass is 9.85. The first-order valence-corrected chi connectivity index (χ1v) is 5.24. The smallest absolute Gasteiger partial charge is 0.236 e. The maximum Gasteiger partial charge on any atom is 0.236 e. The number of carbonyl (C=O) groups is 1. The molecule has 0 bridgehead atoms. The second-order valence-corrected chi connectivity index (χ2v) is 3.70. The van der Waals surface area contributed by atoms with Gasteiger partial charge in [-0.05, 0) is 25.5 Å². The number of hydrogen-bond acceptors (Lipinski definition) is 1. The van der Waals surface area contributed by atoms with Gasteiger partial charge in [0.1, 0.15) is 0 Å². The van der Waals surface area contributed by atoms with Crippen LogP contribution in [0.1, 0.15) is 27.7 Å². The highest BCUT2D eigenvalue weighted by atomic mass is 16.2. The number of carbonyl (C=O) groups excluding carboxylic acids is 1. The predicted octanol–water partition coefficient (Wildman–Crippen LogP) is 3.14. The topological polar surface area (TPSA) is 20.3 Å². The molecule has 0 radical (unpaired) electrons. The zero-order chi connectivity index (χ0) is 12.2. The van der Waals surface area contributed by atoms with Crippen LogP contribution in [-0.4, -0.2) is 17.9 Å². The third-order valence-electron chi connectivity index (χ3n) is 2.55. The van der Waals surface area contributed by atoms with E-state index in [9.17, 15) is 4.79 Å². The molecule has 1 amide bonds. The largest absolute Gasteiger partial charge is 0.314 e. The van der Waals surface area contributed by atoms with Crippen LogP contribution in [0.15, 0.2) is 36.6 Å². The SMILES string of the molecule is C=CC1=C(C=C)C(C)(C)C(=O)N1C.CC. The molecule has 0 saturated heterocycles. The summed E-state index contributed by atoms with van der Waals surface area (Å²) >= 11 is 0. The summed E-state index contributed by atoms with van der Waals surface area (Å²) in [6.07, 6.45) is 3.43. The monoisotopic (exact) mass is 207 g/mol. The maximum atomic E-state index is 11.8. The molecule has 2 heteroatoms. The van der Waals surface area contributed by atoms with Gasteiger partial charge >= 0.3 is 0 Å². The molecule has 0 N–H and O–H groups in total. The van der Waals surface area contributed by atoms with Crippen molar-refractivity contribution in [2.75, 3.05) is 7.05 Å². The lowest BCUT2D eigenvalue weighted by molar-refractivity contribution is -0.132. The molecular weight excluding hydrogens is 186 g/mol. The Morgan fingerprint density at radius 2 is 1.67 bits per heavy atom. The van der Waals surface area contributed by atoms with E-state index < -0.39 is 5.41 Å². The summed E-state index contributed by atoms with van der Waals surface area (Å²) in [6.45, 7) is 15.2. The lowest BCUT2D eigenvalue weighted by Crippen LogP contribution is -2.30.